The number of aromatic nitrogens is 2. The van der Waals surface area contributed by atoms with Crippen LogP contribution in [0.1, 0.15) is 6.42 Å². The lowest BCUT2D eigenvalue weighted by atomic mass is 10.1. The minimum absolute atomic E-state index is 0.104. The van der Waals surface area contributed by atoms with Crippen LogP contribution in [0.4, 0.5) is 16.2 Å². The lowest BCUT2D eigenvalue weighted by Gasteiger charge is -2.17. The number of urea groups is 1. The molecule has 0 saturated carbocycles. The van der Waals surface area contributed by atoms with E-state index in [1.54, 1.807) is 35.4 Å². The highest BCUT2D eigenvalue weighted by atomic mass is 35.5. The van der Waals surface area contributed by atoms with E-state index in [9.17, 15) is 9.59 Å². The third kappa shape index (κ3) is 3.81. The molecule has 0 radical (unpaired) electrons. The molecule has 2 aromatic rings. The van der Waals surface area contributed by atoms with Crippen LogP contribution >= 0.6 is 11.6 Å². The molecule has 23 heavy (non-hydrogen) atoms. The SMILES string of the molecule is O=C(Nc1cn[nH]c1)C1CCN(C(=O)Nc2ccc(Cl)cc2)C1. The van der Waals surface area contributed by atoms with Gasteiger partial charge in [-0.3, -0.25) is 9.89 Å². The van der Waals surface area contributed by atoms with Gasteiger partial charge in [0.05, 0.1) is 17.8 Å². The van der Waals surface area contributed by atoms with Gasteiger partial charge >= 0.3 is 6.03 Å². The van der Waals surface area contributed by atoms with Gasteiger partial charge in [0, 0.05) is 30.0 Å². The summed E-state index contributed by atoms with van der Waals surface area (Å²) in [6.45, 7) is 0.937. The number of rotatable bonds is 3. The molecule has 1 atom stereocenters. The average Bonchev–Trinajstić information content (AvgIpc) is 3.20. The zero-order chi connectivity index (χ0) is 16.2. The standard InChI is InChI=1S/C15H16ClN5O2/c16-11-1-3-12(4-2-11)20-15(23)21-6-5-10(9-21)14(22)19-13-7-17-18-8-13/h1-4,7-8,10H,5-6,9H2,(H,17,18)(H,19,22)(H,20,23). The molecule has 8 heteroatoms. The number of hydrogen-bond donors (Lipinski definition) is 3. The highest BCUT2D eigenvalue weighted by molar-refractivity contribution is 6.30. The van der Waals surface area contributed by atoms with E-state index in [1.807, 2.05) is 0 Å². The summed E-state index contributed by atoms with van der Waals surface area (Å²) in [5, 5.41) is 12.6. The van der Waals surface area contributed by atoms with Crippen molar-refractivity contribution < 1.29 is 9.59 Å². The van der Waals surface area contributed by atoms with Crippen molar-refractivity contribution in [2.45, 2.75) is 6.42 Å². The molecule has 1 unspecified atom stereocenters. The second-order valence-electron chi connectivity index (χ2n) is 5.34. The molecule has 3 rings (SSSR count). The van der Waals surface area contributed by atoms with Gasteiger partial charge in [0.15, 0.2) is 0 Å². The van der Waals surface area contributed by atoms with Gasteiger partial charge in [0.25, 0.3) is 0 Å². The Balaban J connectivity index is 1.53. The predicted molar refractivity (Wildman–Crippen MR) is 87.4 cm³/mol. The molecule has 7 nitrogen and oxygen atoms in total. The highest BCUT2D eigenvalue weighted by Gasteiger charge is 2.31. The number of aromatic amines is 1. The number of carbonyl (C=O) groups excluding carboxylic acids is 2. The van der Waals surface area contributed by atoms with E-state index in [0.29, 0.717) is 35.9 Å². The average molecular weight is 334 g/mol. The Morgan fingerprint density at radius 1 is 1.22 bits per heavy atom. The van der Waals surface area contributed by atoms with Gasteiger partial charge in [-0.05, 0) is 30.7 Å². The number of amides is 3. The number of nitrogens with one attached hydrogen (secondary N) is 3. The predicted octanol–water partition coefficient (Wildman–Crippen LogP) is 2.56. The molecule has 2 heterocycles. The summed E-state index contributed by atoms with van der Waals surface area (Å²) in [6.07, 6.45) is 3.79. The smallest absolute Gasteiger partial charge is 0.321 e. The van der Waals surface area contributed by atoms with Crippen molar-refractivity contribution in [1.82, 2.24) is 15.1 Å². The van der Waals surface area contributed by atoms with Crippen molar-refractivity contribution in [1.29, 1.82) is 0 Å². The summed E-state index contributed by atoms with van der Waals surface area (Å²) in [4.78, 5) is 26.0. The first-order chi connectivity index (χ1) is 11.1. The molecular formula is C15H16ClN5O2. The van der Waals surface area contributed by atoms with Gasteiger partial charge in [0.2, 0.25) is 5.91 Å². The van der Waals surface area contributed by atoms with E-state index in [4.69, 9.17) is 11.6 Å². The second kappa shape index (κ2) is 6.70. The van der Waals surface area contributed by atoms with Crippen LogP contribution in [0.5, 0.6) is 0 Å². The maximum Gasteiger partial charge on any atom is 0.321 e. The minimum Gasteiger partial charge on any atom is -0.324 e. The minimum atomic E-state index is -0.221. The highest BCUT2D eigenvalue weighted by Crippen LogP contribution is 2.20. The van der Waals surface area contributed by atoms with Crippen LogP contribution in [0, 0.1) is 5.92 Å². The van der Waals surface area contributed by atoms with E-state index in [1.165, 1.54) is 6.20 Å². The molecule has 1 aromatic heterocycles. The van der Waals surface area contributed by atoms with Crippen LogP contribution in [-0.4, -0.2) is 40.1 Å². The Labute approximate surface area is 138 Å². The number of H-pyrrole nitrogens is 1. The van der Waals surface area contributed by atoms with Crippen molar-refractivity contribution in [2.75, 3.05) is 23.7 Å². The van der Waals surface area contributed by atoms with Gasteiger partial charge in [-0.25, -0.2) is 4.79 Å². The number of hydrogen-bond acceptors (Lipinski definition) is 3. The normalized spacial score (nSPS) is 17.1. The van der Waals surface area contributed by atoms with E-state index in [0.717, 1.165) is 0 Å². The number of carbonyl (C=O) groups is 2. The molecule has 120 valence electrons. The van der Waals surface area contributed by atoms with Crippen molar-refractivity contribution in [2.24, 2.45) is 5.92 Å². The van der Waals surface area contributed by atoms with Crippen LogP contribution in [0.2, 0.25) is 5.02 Å². The number of likely N-dealkylation sites (tertiary alicyclic amines) is 1. The Bertz CT molecular complexity index is 686. The van der Waals surface area contributed by atoms with Crippen LogP contribution < -0.4 is 10.6 Å². The molecule has 1 aromatic carbocycles. The third-order valence-electron chi connectivity index (χ3n) is 3.71. The zero-order valence-corrected chi connectivity index (χ0v) is 13.0. The van der Waals surface area contributed by atoms with Gasteiger partial charge in [-0.1, -0.05) is 11.6 Å². The molecule has 1 aliphatic rings. The molecule has 3 N–H and O–H groups in total. The number of nitrogens with zero attached hydrogens (tertiary/aromatic N) is 2. The van der Waals surface area contributed by atoms with Gasteiger partial charge in [0.1, 0.15) is 0 Å². The number of anilines is 2. The Kier molecular flexibility index (Phi) is 4.47. The van der Waals surface area contributed by atoms with Crippen LogP contribution in [0.3, 0.4) is 0 Å². The lowest BCUT2D eigenvalue weighted by Crippen LogP contribution is -2.34. The molecule has 0 aliphatic carbocycles. The number of benzene rings is 1. The van der Waals surface area contributed by atoms with Gasteiger partial charge in [-0.15, -0.1) is 0 Å². The fourth-order valence-electron chi connectivity index (χ4n) is 2.46. The quantitative estimate of drug-likeness (QED) is 0.806. The topological polar surface area (TPSA) is 90.1 Å². The van der Waals surface area contributed by atoms with Crippen molar-refractivity contribution in [3.8, 4) is 0 Å². The second-order valence-corrected chi connectivity index (χ2v) is 5.78. The molecule has 1 saturated heterocycles. The first-order valence-corrected chi connectivity index (χ1v) is 7.61. The number of halogens is 1. The van der Waals surface area contributed by atoms with Crippen LogP contribution in [-0.2, 0) is 4.79 Å². The summed E-state index contributed by atoms with van der Waals surface area (Å²) < 4.78 is 0. The summed E-state index contributed by atoms with van der Waals surface area (Å²) in [5.74, 6) is -0.325. The third-order valence-corrected chi connectivity index (χ3v) is 3.96. The Morgan fingerprint density at radius 3 is 2.70 bits per heavy atom. The van der Waals surface area contributed by atoms with E-state index in [2.05, 4.69) is 20.8 Å². The summed E-state index contributed by atoms with van der Waals surface area (Å²) >= 11 is 5.81. The molecule has 1 fully saturated rings. The Morgan fingerprint density at radius 2 is 2.00 bits per heavy atom. The van der Waals surface area contributed by atoms with Gasteiger partial charge < -0.3 is 15.5 Å². The van der Waals surface area contributed by atoms with Crippen LogP contribution in [0.15, 0.2) is 36.7 Å². The molecular weight excluding hydrogens is 318 g/mol. The lowest BCUT2D eigenvalue weighted by molar-refractivity contribution is -0.119. The van der Waals surface area contributed by atoms with E-state index < -0.39 is 0 Å². The summed E-state index contributed by atoms with van der Waals surface area (Å²) in [6, 6.07) is 6.68. The molecule has 0 bridgehead atoms. The fourth-order valence-corrected chi connectivity index (χ4v) is 2.58. The summed E-state index contributed by atoms with van der Waals surface area (Å²) in [7, 11) is 0. The Hall–Kier alpha value is -2.54. The zero-order valence-electron chi connectivity index (χ0n) is 12.3. The van der Waals surface area contributed by atoms with E-state index in [-0.39, 0.29) is 17.9 Å². The van der Waals surface area contributed by atoms with Crippen molar-refractivity contribution >= 4 is 34.9 Å². The molecule has 3 amide bonds. The fraction of sp³-hybridized carbons (Fsp3) is 0.267. The monoisotopic (exact) mass is 333 g/mol. The first-order valence-electron chi connectivity index (χ1n) is 7.23. The van der Waals surface area contributed by atoms with Crippen molar-refractivity contribution in [3.05, 3.63) is 41.7 Å². The van der Waals surface area contributed by atoms with Gasteiger partial charge in [-0.2, -0.15) is 5.10 Å². The molecule has 0 spiro atoms. The summed E-state index contributed by atoms with van der Waals surface area (Å²) in [5.41, 5.74) is 1.30. The molecule has 1 aliphatic heterocycles. The van der Waals surface area contributed by atoms with Crippen LogP contribution in [0.25, 0.3) is 0 Å². The van der Waals surface area contributed by atoms with Crippen molar-refractivity contribution in [3.63, 3.8) is 0 Å². The first kappa shape index (κ1) is 15.4. The maximum atomic E-state index is 12.2. The maximum absolute atomic E-state index is 12.2. The largest absolute Gasteiger partial charge is 0.324 e. The van der Waals surface area contributed by atoms with E-state index >= 15 is 0 Å².